The SMILES string of the molecule is COCCCNC(=O)C1[C@H]2CC[C@H]1CNC2. The highest BCUT2D eigenvalue weighted by molar-refractivity contribution is 5.79. The third-order valence-corrected chi connectivity index (χ3v) is 3.86. The molecule has 0 radical (unpaired) electrons. The van der Waals surface area contributed by atoms with E-state index in [2.05, 4.69) is 10.6 Å². The number of hydrogen-bond donors (Lipinski definition) is 2. The second-order valence-corrected chi connectivity index (χ2v) is 4.92. The third kappa shape index (κ3) is 2.55. The molecule has 1 amide bonds. The van der Waals surface area contributed by atoms with Gasteiger partial charge in [0.05, 0.1) is 0 Å². The van der Waals surface area contributed by atoms with Crippen molar-refractivity contribution in [3.05, 3.63) is 0 Å². The molecule has 2 rings (SSSR count). The quantitative estimate of drug-likeness (QED) is 0.667. The zero-order chi connectivity index (χ0) is 11.4. The fraction of sp³-hybridized carbons (Fsp3) is 0.917. The summed E-state index contributed by atoms with van der Waals surface area (Å²) in [6, 6.07) is 0. The maximum Gasteiger partial charge on any atom is 0.223 e. The number of hydrogen-bond acceptors (Lipinski definition) is 3. The summed E-state index contributed by atoms with van der Waals surface area (Å²) >= 11 is 0. The molecule has 4 heteroatoms. The molecular formula is C12H22N2O2. The van der Waals surface area contributed by atoms with E-state index < -0.39 is 0 Å². The van der Waals surface area contributed by atoms with Crippen molar-refractivity contribution >= 4 is 5.91 Å². The molecule has 1 aliphatic carbocycles. The van der Waals surface area contributed by atoms with Gasteiger partial charge in [-0.25, -0.2) is 0 Å². The van der Waals surface area contributed by atoms with E-state index >= 15 is 0 Å². The summed E-state index contributed by atoms with van der Waals surface area (Å²) in [5.41, 5.74) is 0. The number of methoxy groups -OCH3 is 1. The zero-order valence-electron chi connectivity index (χ0n) is 10.00. The van der Waals surface area contributed by atoms with Crippen molar-refractivity contribution < 1.29 is 9.53 Å². The Morgan fingerprint density at radius 1 is 1.38 bits per heavy atom. The number of carbonyl (C=O) groups excluding carboxylic acids is 1. The van der Waals surface area contributed by atoms with E-state index in [-0.39, 0.29) is 11.8 Å². The van der Waals surface area contributed by atoms with Crippen molar-refractivity contribution in [2.24, 2.45) is 17.8 Å². The van der Waals surface area contributed by atoms with Gasteiger partial charge in [-0.15, -0.1) is 0 Å². The normalized spacial score (nSPS) is 32.7. The summed E-state index contributed by atoms with van der Waals surface area (Å²) in [6.07, 6.45) is 3.34. The first-order valence-electron chi connectivity index (χ1n) is 6.30. The van der Waals surface area contributed by atoms with Gasteiger partial charge in [-0.05, 0) is 44.2 Å². The highest BCUT2D eigenvalue weighted by Gasteiger charge is 2.42. The van der Waals surface area contributed by atoms with Crippen LogP contribution in [0.1, 0.15) is 19.3 Å². The van der Waals surface area contributed by atoms with Gasteiger partial charge in [-0.3, -0.25) is 4.79 Å². The molecular weight excluding hydrogens is 204 g/mol. The summed E-state index contributed by atoms with van der Waals surface area (Å²) in [5.74, 6) is 1.68. The predicted octanol–water partition coefficient (Wildman–Crippen LogP) is 0.385. The van der Waals surface area contributed by atoms with Crippen molar-refractivity contribution in [2.75, 3.05) is 33.4 Å². The second kappa shape index (κ2) is 5.64. The van der Waals surface area contributed by atoms with E-state index in [1.165, 1.54) is 12.8 Å². The van der Waals surface area contributed by atoms with Gasteiger partial charge < -0.3 is 15.4 Å². The topological polar surface area (TPSA) is 50.4 Å². The predicted molar refractivity (Wildman–Crippen MR) is 62.1 cm³/mol. The lowest BCUT2D eigenvalue weighted by Gasteiger charge is -2.29. The maximum atomic E-state index is 12.0. The van der Waals surface area contributed by atoms with Crippen molar-refractivity contribution in [2.45, 2.75) is 19.3 Å². The van der Waals surface area contributed by atoms with E-state index in [0.29, 0.717) is 11.8 Å². The van der Waals surface area contributed by atoms with Crippen molar-refractivity contribution in [1.82, 2.24) is 10.6 Å². The van der Waals surface area contributed by atoms with Gasteiger partial charge in [0, 0.05) is 26.2 Å². The van der Waals surface area contributed by atoms with Crippen LogP contribution in [0.2, 0.25) is 0 Å². The molecule has 4 nitrogen and oxygen atoms in total. The molecule has 1 heterocycles. The molecule has 1 aliphatic heterocycles. The number of nitrogens with one attached hydrogen (secondary N) is 2. The van der Waals surface area contributed by atoms with Crippen molar-refractivity contribution in [1.29, 1.82) is 0 Å². The number of ether oxygens (including phenoxy) is 1. The van der Waals surface area contributed by atoms with Gasteiger partial charge in [-0.1, -0.05) is 0 Å². The summed E-state index contributed by atoms with van der Waals surface area (Å²) in [6.45, 7) is 3.51. The average Bonchev–Trinajstić information content (AvgIpc) is 2.55. The summed E-state index contributed by atoms with van der Waals surface area (Å²) in [5, 5.41) is 6.45. The second-order valence-electron chi connectivity index (χ2n) is 4.92. The highest BCUT2D eigenvalue weighted by atomic mass is 16.5. The molecule has 1 saturated heterocycles. The van der Waals surface area contributed by atoms with E-state index in [1.807, 2.05) is 0 Å². The Hall–Kier alpha value is -0.610. The molecule has 2 atom stereocenters. The van der Waals surface area contributed by atoms with Crippen LogP contribution in [0.15, 0.2) is 0 Å². The Morgan fingerprint density at radius 2 is 2.06 bits per heavy atom. The number of amides is 1. The largest absolute Gasteiger partial charge is 0.385 e. The summed E-state index contributed by atoms with van der Waals surface area (Å²) in [4.78, 5) is 12.0. The lowest BCUT2D eigenvalue weighted by atomic mass is 9.85. The van der Waals surface area contributed by atoms with Crippen LogP contribution < -0.4 is 10.6 Å². The number of piperidine rings is 1. The number of rotatable bonds is 5. The van der Waals surface area contributed by atoms with Crippen LogP contribution in [0, 0.1) is 17.8 Å². The fourth-order valence-corrected chi connectivity index (χ4v) is 3.06. The van der Waals surface area contributed by atoms with E-state index in [9.17, 15) is 4.79 Å². The van der Waals surface area contributed by atoms with Crippen LogP contribution in [-0.2, 0) is 9.53 Å². The lowest BCUT2D eigenvalue weighted by Crippen LogP contribution is -2.46. The van der Waals surface area contributed by atoms with Crippen LogP contribution in [0.3, 0.4) is 0 Å². The highest BCUT2D eigenvalue weighted by Crippen LogP contribution is 2.39. The van der Waals surface area contributed by atoms with Gasteiger partial charge in [0.1, 0.15) is 0 Å². The molecule has 92 valence electrons. The third-order valence-electron chi connectivity index (χ3n) is 3.86. The van der Waals surface area contributed by atoms with E-state index in [4.69, 9.17) is 4.74 Å². The Bertz CT molecular complexity index is 229. The summed E-state index contributed by atoms with van der Waals surface area (Å²) in [7, 11) is 1.69. The van der Waals surface area contributed by atoms with Crippen LogP contribution in [-0.4, -0.2) is 39.3 Å². The van der Waals surface area contributed by atoms with Gasteiger partial charge >= 0.3 is 0 Å². The van der Waals surface area contributed by atoms with Crippen molar-refractivity contribution in [3.63, 3.8) is 0 Å². The molecule has 0 spiro atoms. The van der Waals surface area contributed by atoms with Gasteiger partial charge in [0.2, 0.25) is 5.91 Å². The van der Waals surface area contributed by atoms with Crippen LogP contribution in [0.25, 0.3) is 0 Å². The molecule has 2 aliphatic rings. The lowest BCUT2D eigenvalue weighted by molar-refractivity contribution is -0.128. The molecule has 1 saturated carbocycles. The standard InChI is InChI=1S/C12H22N2O2/c1-16-6-2-5-14-12(15)11-9-3-4-10(11)8-13-7-9/h9-11,13H,2-8H2,1H3,(H,14,15)/t9-,10-/m0/s1. The number of fused-ring (bicyclic) bond motifs is 2. The monoisotopic (exact) mass is 226 g/mol. The average molecular weight is 226 g/mol. The minimum Gasteiger partial charge on any atom is -0.385 e. The van der Waals surface area contributed by atoms with E-state index in [1.54, 1.807) is 7.11 Å². The molecule has 2 bridgehead atoms. The first-order chi connectivity index (χ1) is 7.83. The zero-order valence-corrected chi connectivity index (χ0v) is 10.00. The smallest absolute Gasteiger partial charge is 0.223 e. The molecule has 0 unspecified atom stereocenters. The van der Waals surface area contributed by atoms with Crippen molar-refractivity contribution in [3.8, 4) is 0 Å². The molecule has 0 aromatic heterocycles. The van der Waals surface area contributed by atoms with Crippen LogP contribution in [0.5, 0.6) is 0 Å². The minimum atomic E-state index is 0.267. The van der Waals surface area contributed by atoms with Gasteiger partial charge in [0.15, 0.2) is 0 Å². The molecule has 0 aromatic rings. The van der Waals surface area contributed by atoms with Gasteiger partial charge in [0.25, 0.3) is 0 Å². The molecule has 2 fully saturated rings. The Balaban J connectivity index is 1.76. The first-order valence-corrected chi connectivity index (χ1v) is 6.30. The van der Waals surface area contributed by atoms with Crippen LogP contribution >= 0.6 is 0 Å². The minimum absolute atomic E-state index is 0.267. The Labute approximate surface area is 97.1 Å². The molecule has 2 N–H and O–H groups in total. The maximum absolute atomic E-state index is 12.0. The fourth-order valence-electron chi connectivity index (χ4n) is 3.06. The summed E-state index contributed by atoms with van der Waals surface area (Å²) < 4.78 is 4.96. The Kier molecular flexibility index (Phi) is 4.18. The van der Waals surface area contributed by atoms with Crippen LogP contribution in [0.4, 0.5) is 0 Å². The first kappa shape index (κ1) is 11.9. The Morgan fingerprint density at radius 3 is 2.69 bits per heavy atom. The van der Waals surface area contributed by atoms with E-state index in [0.717, 1.165) is 32.7 Å². The molecule has 16 heavy (non-hydrogen) atoms. The van der Waals surface area contributed by atoms with Gasteiger partial charge in [-0.2, -0.15) is 0 Å². The molecule has 0 aromatic carbocycles. The number of carbonyl (C=O) groups is 1.